The van der Waals surface area contributed by atoms with Crippen LogP contribution in [-0.4, -0.2) is 44.6 Å². The summed E-state index contributed by atoms with van der Waals surface area (Å²) >= 11 is 1.41. The van der Waals surface area contributed by atoms with Crippen molar-refractivity contribution in [3.63, 3.8) is 0 Å². The van der Waals surface area contributed by atoms with Gasteiger partial charge in [0.15, 0.2) is 0 Å². The molecule has 1 N–H and O–H groups in total. The van der Waals surface area contributed by atoms with E-state index in [-0.39, 0.29) is 29.3 Å². The van der Waals surface area contributed by atoms with Gasteiger partial charge in [0.2, 0.25) is 15.9 Å². The summed E-state index contributed by atoms with van der Waals surface area (Å²) in [7, 11) is -3.29. The minimum absolute atomic E-state index is 0.0230. The highest BCUT2D eigenvalue weighted by molar-refractivity contribution is 7.88. The van der Waals surface area contributed by atoms with Crippen LogP contribution in [0, 0.1) is 17.6 Å². The number of carbonyl (C=O) groups is 1. The maximum absolute atomic E-state index is 14.0. The molecular weight excluding hydrogens is 406 g/mol. The highest BCUT2D eigenvalue weighted by atomic mass is 32.2. The largest absolute Gasteiger partial charge is 0.341 e. The van der Waals surface area contributed by atoms with Gasteiger partial charge < -0.3 is 4.90 Å². The number of hydrogen-bond acceptors (Lipinski definition) is 4. The molecule has 2 aliphatic rings. The number of halogens is 2. The van der Waals surface area contributed by atoms with Crippen molar-refractivity contribution in [2.75, 3.05) is 19.3 Å². The van der Waals surface area contributed by atoms with Gasteiger partial charge in [-0.1, -0.05) is 6.07 Å². The normalized spacial score (nSPS) is 24.5. The van der Waals surface area contributed by atoms with Crippen molar-refractivity contribution < 1.29 is 22.0 Å². The summed E-state index contributed by atoms with van der Waals surface area (Å²) in [5.41, 5.74) is 0.454. The van der Waals surface area contributed by atoms with Crippen molar-refractivity contribution in [2.45, 2.75) is 24.8 Å². The molecule has 1 aromatic heterocycles. The third-order valence-corrected chi connectivity index (χ3v) is 7.05. The van der Waals surface area contributed by atoms with E-state index in [1.807, 2.05) is 0 Å². The van der Waals surface area contributed by atoms with Crippen LogP contribution >= 0.6 is 11.3 Å². The Morgan fingerprint density at radius 1 is 1.29 bits per heavy atom. The third kappa shape index (κ3) is 3.97. The van der Waals surface area contributed by atoms with Crippen LogP contribution in [0.15, 0.2) is 29.6 Å². The van der Waals surface area contributed by atoms with Crippen molar-refractivity contribution in [2.24, 2.45) is 5.92 Å². The van der Waals surface area contributed by atoms with Crippen molar-refractivity contribution in [3.8, 4) is 11.1 Å². The molecule has 1 aromatic carbocycles. The zero-order valence-electron chi connectivity index (χ0n) is 15.2. The van der Waals surface area contributed by atoms with Crippen molar-refractivity contribution in [1.29, 1.82) is 0 Å². The number of amides is 1. The fourth-order valence-corrected chi connectivity index (χ4v) is 5.71. The number of hydrogen-bond donors (Lipinski definition) is 1. The van der Waals surface area contributed by atoms with Crippen LogP contribution in [0.2, 0.25) is 0 Å². The van der Waals surface area contributed by atoms with Gasteiger partial charge in [-0.3, -0.25) is 4.79 Å². The van der Waals surface area contributed by atoms with Gasteiger partial charge in [-0.2, -0.15) is 0 Å². The number of likely N-dealkylation sites (tertiary alicyclic amines) is 1. The lowest BCUT2D eigenvalue weighted by Crippen LogP contribution is -2.38. The minimum Gasteiger partial charge on any atom is -0.341 e. The number of sulfonamides is 1. The average molecular weight is 427 g/mol. The molecular formula is C19H20F2N2O3S2. The molecule has 1 amide bonds. The molecule has 0 bridgehead atoms. The van der Waals surface area contributed by atoms with Crippen LogP contribution < -0.4 is 4.72 Å². The van der Waals surface area contributed by atoms with E-state index in [9.17, 15) is 22.0 Å². The Bertz CT molecular complexity index is 1000. The summed E-state index contributed by atoms with van der Waals surface area (Å²) < 4.78 is 53.2. The second-order valence-electron chi connectivity index (χ2n) is 7.44. The van der Waals surface area contributed by atoms with Gasteiger partial charge in [0.05, 0.1) is 11.8 Å². The highest BCUT2D eigenvalue weighted by Crippen LogP contribution is 2.51. The second-order valence-corrected chi connectivity index (χ2v) is 10.2. The Labute approximate surface area is 166 Å². The molecule has 2 heterocycles. The van der Waals surface area contributed by atoms with Crippen molar-refractivity contribution >= 4 is 27.3 Å². The summed E-state index contributed by atoms with van der Waals surface area (Å²) in [5, 5.41) is 1.72. The zero-order chi connectivity index (χ0) is 20.1. The highest BCUT2D eigenvalue weighted by Gasteiger charge is 2.47. The molecule has 5 nitrogen and oxygen atoms in total. The molecule has 1 aliphatic carbocycles. The third-order valence-electron chi connectivity index (χ3n) is 5.22. The van der Waals surface area contributed by atoms with Gasteiger partial charge >= 0.3 is 0 Å². The molecule has 2 fully saturated rings. The van der Waals surface area contributed by atoms with Crippen molar-refractivity contribution in [3.05, 3.63) is 46.2 Å². The Morgan fingerprint density at radius 2 is 2.00 bits per heavy atom. The molecule has 1 saturated heterocycles. The molecule has 4 rings (SSSR count). The molecule has 3 atom stereocenters. The Hall–Kier alpha value is -1.84. The number of benzene rings is 1. The summed E-state index contributed by atoms with van der Waals surface area (Å²) in [6, 6.07) is 5.32. The summed E-state index contributed by atoms with van der Waals surface area (Å²) in [6.45, 7) is 0.913. The number of thiophene rings is 1. The van der Waals surface area contributed by atoms with Crippen LogP contribution in [-0.2, 0) is 14.8 Å². The lowest BCUT2D eigenvalue weighted by Gasteiger charge is -2.16. The first-order valence-corrected chi connectivity index (χ1v) is 11.8. The first-order chi connectivity index (χ1) is 13.2. The van der Waals surface area contributed by atoms with Gasteiger partial charge in [0, 0.05) is 35.8 Å². The van der Waals surface area contributed by atoms with E-state index < -0.39 is 21.7 Å². The lowest BCUT2D eigenvalue weighted by molar-refractivity contribution is -0.131. The van der Waals surface area contributed by atoms with E-state index in [1.165, 1.54) is 29.5 Å². The van der Waals surface area contributed by atoms with Gasteiger partial charge in [-0.25, -0.2) is 21.9 Å². The topological polar surface area (TPSA) is 66.5 Å². The Morgan fingerprint density at radius 3 is 2.68 bits per heavy atom. The molecule has 1 saturated carbocycles. The average Bonchev–Trinajstić information content (AvgIpc) is 3.02. The van der Waals surface area contributed by atoms with Crippen LogP contribution in [0.1, 0.15) is 23.6 Å². The molecule has 150 valence electrons. The minimum atomic E-state index is -3.29. The fourth-order valence-electron chi connectivity index (χ4n) is 3.83. The lowest BCUT2D eigenvalue weighted by atomic mass is 10.1. The molecule has 0 unspecified atom stereocenters. The van der Waals surface area contributed by atoms with Gasteiger partial charge in [0.1, 0.15) is 11.6 Å². The number of nitrogens with zero attached hydrogens (tertiary/aromatic N) is 1. The quantitative estimate of drug-likeness (QED) is 0.800. The monoisotopic (exact) mass is 426 g/mol. The molecule has 0 radical (unpaired) electrons. The van der Waals surface area contributed by atoms with Crippen molar-refractivity contribution in [1.82, 2.24) is 9.62 Å². The number of rotatable bonds is 5. The summed E-state index contributed by atoms with van der Waals surface area (Å²) in [6.07, 6.45) is 2.42. The second kappa shape index (κ2) is 7.20. The first kappa shape index (κ1) is 19.5. The fraction of sp³-hybridized carbons (Fsp3) is 0.421. The summed E-state index contributed by atoms with van der Waals surface area (Å²) in [5.74, 6) is -1.27. The predicted molar refractivity (Wildman–Crippen MR) is 103 cm³/mol. The van der Waals surface area contributed by atoms with Crippen LogP contribution in [0.3, 0.4) is 0 Å². The summed E-state index contributed by atoms with van der Waals surface area (Å²) in [4.78, 5) is 15.4. The molecule has 1 aliphatic heterocycles. The van der Waals surface area contributed by atoms with E-state index in [2.05, 4.69) is 4.72 Å². The Balaban J connectivity index is 1.41. The molecule has 0 spiro atoms. The van der Waals surface area contributed by atoms with Crippen LogP contribution in [0.5, 0.6) is 0 Å². The van der Waals surface area contributed by atoms with Gasteiger partial charge in [-0.15, -0.1) is 11.3 Å². The van der Waals surface area contributed by atoms with Gasteiger partial charge in [0.25, 0.3) is 0 Å². The smallest absolute Gasteiger partial charge is 0.226 e. The molecule has 2 aromatic rings. The number of carbonyl (C=O) groups excluding carboxylic acids is 1. The number of nitrogens with one attached hydrogen (secondary N) is 1. The Kier molecular flexibility index (Phi) is 5.01. The first-order valence-electron chi connectivity index (χ1n) is 9.02. The van der Waals surface area contributed by atoms with E-state index in [0.717, 1.165) is 11.1 Å². The standard InChI is InChI=1S/C19H20F2N2O3S2/c1-28(25,26)22-12-5-6-23(9-12)19(24)14-8-13(14)17-7-11(10-27-17)18-15(20)3-2-4-16(18)21/h2-4,7,10,12-14,22H,5-6,8-9H2,1H3/t12-,13-,14-/m1/s1. The van der Waals surface area contributed by atoms with E-state index in [1.54, 1.807) is 16.3 Å². The molecule has 28 heavy (non-hydrogen) atoms. The SMILES string of the molecule is CS(=O)(=O)N[C@@H]1CCN(C(=O)[C@@H]2C[C@H]2c2cc(-c3c(F)cccc3F)cs2)C1. The maximum atomic E-state index is 14.0. The predicted octanol–water partition coefficient (Wildman–Crippen LogP) is 2.95. The van der Waals surface area contributed by atoms with Crippen LogP contribution in [0.25, 0.3) is 11.1 Å². The molecule has 9 heteroatoms. The van der Waals surface area contributed by atoms with Crippen LogP contribution in [0.4, 0.5) is 8.78 Å². The van der Waals surface area contributed by atoms with Gasteiger partial charge in [-0.05, 0) is 42.0 Å². The zero-order valence-corrected chi connectivity index (χ0v) is 16.8. The van der Waals surface area contributed by atoms with E-state index >= 15 is 0 Å². The van der Waals surface area contributed by atoms with E-state index in [4.69, 9.17) is 0 Å². The van der Waals surface area contributed by atoms with E-state index in [0.29, 0.717) is 31.5 Å². The maximum Gasteiger partial charge on any atom is 0.226 e.